The van der Waals surface area contributed by atoms with Gasteiger partial charge in [0.25, 0.3) is 0 Å². The van der Waals surface area contributed by atoms with Crippen LogP contribution in [-0.2, 0) is 7.05 Å². The molecule has 0 N–H and O–H groups in total. The first kappa shape index (κ1) is 15.6. The van der Waals surface area contributed by atoms with Crippen LogP contribution in [-0.4, -0.2) is 0 Å². The molecule has 0 radical (unpaired) electrons. The molecule has 4 aromatic carbocycles. The third kappa shape index (κ3) is 1.95. The Balaban J connectivity index is 1.85. The Hall–Kier alpha value is -3.39. The number of aromatic nitrogens is 1. The number of nitrogens with zero attached hydrogens (tertiary/aromatic N) is 1. The van der Waals surface area contributed by atoms with Crippen LogP contribution in [0.3, 0.4) is 0 Å². The highest BCUT2D eigenvalue weighted by Crippen LogP contribution is 2.50. The summed E-state index contributed by atoms with van der Waals surface area (Å²) in [6, 6.07) is 21.8. The number of pyridine rings is 1. The van der Waals surface area contributed by atoms with E-state index in [-0.39, 0.29) is 0 Å². The van der Waals surface area contributed by atoms with Crippen LogP contribution in [0.15, 0.2) is 66.9 Å². The molecule has 0 spiro atoms. The highest BCUT2D eigenvalue weighted by Gasteiger charge is 2.31. The molecule has 1 aromatic heterocycles. The van der Waals surface area contributed by atoms with Crippen molar-refractivity contribution in [1.29, 1.82) is 0 Å². The van der Waals surface area contributed by atoms with Crippen molar-refractivity contribution in [2.24, 2.45) is 7.05 Å². The minimum atomic E-state index is 0.944. The van der Waals surface area contributed by atoms with Gasteiger partial charge in [0.15, 0.2) is 6.20 Å². The molecule has 0 fully saturated rings. The van der Waals surface area contributed by atoms with Gasteiger partial charge in [-0.15, -0.1) is 0 Å². The first-order chi connectivity index (χ1) is 13.6. The van der Waals surface area contributed by atoms with Crippen LogP contribution >= 0.6 is 0 Å². The van der Waals surface area contributed by atoms with Crippen LogP contribution in [0.4, 0.5) is 0 Å². The van der Waals surface area contributed by atoms with E-state index in [0.717, 1.165) is 11.5 Å². The topological polar surface area (TPSA) is 13.1 Å². The number of hydrogen-bond donors (Lipinski definition) is 0. The molecule has 134 valence electrons. The van der Waals surface area contributed by atoms with Crippen molar-refractivity contribution in [3.05, 3.63) is 78.0 Å². The van der Waals surface area contributed by atoms with Gasteiger partial charge in [0.2, 0.25) is 5.69 Å². The van der Waals surface area contributed by atoms with Gasteiger partial charge in [0.05, 0.1) is 10.9 Å². The highest BCUT2D eigenvalue weighted by atomic mass is 16.5. The number of hydrogen-bond acceptors (Lipinski definition) is 1. The van der Waals surface area contributed by atoms with Gasteiger partial charge in [-0.3, -0.25) is 0 Å². The van der Waals surface area contributed by atoms with Crippen molar-refractivity contribution < 1.29 is 9.30 Å². The standard InChI is InChI=1S/C26H20NO/c1-15-8-9-21-19(12-15)13-18-10-11-27(3)25-23-16(2)20-7-5-4-6-17(20)14-22(23)28-26(21)24(18)25/h4-14H,1-3H3/q+1. The lowest BCUT2D eigenvalue weighted by Gasteiger charge is -2.23. The number of fused-ring (bicyclic) bond motifs is 5. The molecule has 1 aliphatic heterocycles. The zero-order valence-corrected chi connectivity index (χ0v) is 16.2. The van der Waals surface area contributed by atoms with Gasteiger partial charge in [0, 0.05) is 11.5 Å². The Bertz CT molecular complexity index is 1460. The normalized spacial score (nSPS) is 12.4. The lowest BCUT2D eigenvalue weighted by atomic mass is 9.90. The van der Waals surface area contributed by atoms with Crippen molar-refractivity contribution in [1.82, 2.24) is 0 Å². The van der Waals surface area contributed by atoms with Crippen molar-refractivity contribution >= 4 is 32.3 Å². The molecule has 5 aromatic rings. The summed E-state index contributed by atoms with van der Waals surface area (Å²) >= 11 is 0. The molecule has 2 heteroatoms. The summed E-state index contributed by atoms with van der Waals surface area (Å²) in [5.41, 5.74) is 4.97. The molecule has 0 aliphatic carbocycles. The van der Waals surface area contributed by atoms with Crippen molar-refractivity contribution in [3.8, 4) is 22.8 Å². The molecule has 0 bridgehead atoms. The van der Waals surface area contributed by atoms with Crippen molar-refractivity contribution in [2.75, 3.05) is 0 Å². The van der Waals surface area contributed by atoms with Gasteiger partial charge in [-0.1, -0.05) is 48.0 Å². The third-order valence-corrected chi connectivity index (χ3v) is 6.07. The largest absolute Gasteiger partial charge is 0.455 e. The number of benzene rings is 4. The number of rotatable bonds is 0. The smallest absolute Gasteiger partial charge is 0.228 e. The summed E-state index contributed by atoms with van der Waals surface area (Å²) in [5.74, 6) is 1.92. The van der Waals surface area contributed by atoms with E-state index in [9.17, 15) is 0 Å². The van der Waals surface area contributed by atoms with E-state index in [1.807, 2.05) is 0 Å². The Morgan fingerprint density at radius 3 is 2.54 bits per heavy atom. The van der Waals surface area contributed by atoms with Gasteiger partial charge in [-0.05, 0) is 53.1 Å². The van der Waals surface area contributed by atoms with Crippen molar-refractivity contribution in [3.63, 3.8) is 0 Å². The Morgan fingerprint density at radius 1 is 0.786 bits per heavy atom. The van der Waals surface area contributed by atoms with E-state index < -0.39 is 0 Å². The van der Waals surface area contributed by atoms with Gasteiger partial charge in [0.1, 0.15) is 18.5 Å². The predicted molar refractivity (Wildman–Crippen MR) is 115 cm³/mol. The molecule has 2 nitrogen and oxygen atoms in total. The quantitative estimate of drug-likeness (QED) is 0.226. The lowest BCUT2D eigenvalue weighted by Crippen LogP contribution is -2.31. The first-order valence-corrected chi connectivity index (χ1v) is 9.68. The van der Waals surface area contributed by atoms with Crippen molar-refractivity contribution in [2.45, 2.75) is 13.8 Å². The summed E-state index contributed by atoms with van der Waals surface area (Å²) in [5, 5.41) is 7.31. The lowest BCUT2D eigenvalue weighted by molar-refractivity contribution is -0.659. The summed E-state index contributed by atoms with van der Waals surface area (Å²) in [4.78, 5) is 0. The van der Waals surface area contributed by atoms with Gasteiger partial charge >= 0.3 is 0 Å². The van der Waals surface area contributed by atoms with Crippen LogP contribution in [0.25, 0.3) is 43.6 Å². The molecule has 0 saturated carbocycles. The van der Waals surface area contributed by atoms with Crippen LogP contribution in [0.1, 0.15) is 11.1 Å². The Kier molecular flexibility index (Phi) is 2.98. The van der Waals surface area contributed by atoms with Crippen LogP contribution in [0.2, 0.25) is 0 Å². The van der Waals surface area contributed by atoms with Gasteiger partial charge in [-0.2, -0.15) is 0 Å². The summed E-state index contributed by atoms with van der Waals surface area (Å²) in [6.45, 7) is 4.34. The maximum Gasteiger partial charge on any atom is 0.228 e. The van der Waals surface area contributed by atoms with Crippen LogP contribution in [0, 0.1) is 13.8 Å². The first-order valence-electron chi connectivity index (χ1n) is 9.68. The Morgan fingerprint density at radius 2 is 1.64 bits per heavy atom. The molecule has 6 rings (SSSR count). The fourth-order valence-corrected chi connectivity index (χ4v) is 4.72. The Labute approximate surface area is 163 Å². The summed E-state index contributed by atoms with van der Waals surface area (Å²) in [7, 11) is 2.13. The third-order valence-electron chi connectivity index (χ3n) is 6.07. The van der Waals surface area contributed by atoms with E-state index in [4.69, 9.17) is 4.74 Å². The second-order valence-corrected chi connectivity index (χ2v) is 7.87. The zero-order valence-electron chi connectivity index (χ0n) is 16.2. The molecule has 0 amide bonds. The maximum atomic E-state index is 6.63. The minimum Gasteiger partial charge on any atom is -0.455 e. The van der Waals surface area contributed by atoms with Crippen LogP contribution in [0.5, 0.6) is 11.5 Å². The molecule has 0 saturated heterocycles. The molecular formula is C26H20NO+. The summed E-state index contributed by atoms with van der Waals surface area (Å²) < 4.78 is 8.86. The number of aryl methyl sites for hydroxylation is 3. The van der Waals surface area contributed by atoms with E-state index >= 15 is 0 Å². The SMILES string of the molecule is Cc1ccc2c3c4c([n+](C)ccc4cc2c1)-c1c(cc2ccccc2c1C)O3. The van der Waals surface area contributed by atoms with E-state index in [2.05, 4.69) is 92.3 Å². The van der Waals surface area contributed by atoms with Gasteiger partial charge in [-0.25, -0.2) is 4.57 Å². The average Bonchev–Trinajstić information content (AvgIpc) is 2.69. The highest BCUT2D eigenvalue weighted by molar-refractivity contribution is 6.13. The minimum absolute atomic E-state index is 0.944. The van der Waals surface area contributed by atoms with E-state index in [1.54, 1.807) is 0 Å². The molecule has 28 heavy (non-hydrogen) atoms. The fourth-order valence-electron chi connectivity index (χ4n) is 4.72. The zero-order chi connectivity index (χ0) is 19.0. The second kappa shape index (κ2) is 5.32. The monoisotopic (exact) mass is 362 g/mol. The van der Waals surface area contributed by atoms with Crippen LogP contribution < -0.4 is 9.30 Å². The predicted octanol–water partition coefficient (Wildman–Crippen LogP) is 6.36. The van der Waals surface area contributed by atoms with Gasteiger partial charge < -0.3 is 4.74 Å². The fraction of sp³-hybridized carbons (Fsp3) is 0.115. The average molecular weight is 362 g/mol. The maximum absolute atomic E-state index is 6.63. The second-order valence-electron chi connectivity index (χ2n) is 7.87. The summed E-state index contributed by atoms with van der Waals surface area (Å²) in [6.07, 6.45) is 2.16. The molecule has 1 aliphatic rings. The van der Waals surface area contributed by atoms with E-state index in [0.29, 0.717) is 0 Å². The van der Waals surface area contributed by atoms with E-state index in [1.165, 1.54) is 54.7 Å². The number of ether oxygens (including phenoxy) is 1. The molecule has 0 unspecified atom stereocenters. The molecular weight excluding hydrogens is 342 g/mol. The molecule has 0 atom stereocenters. The molecule has 2 heterocycles.